The van der Waals surface area contributed by atoms with Crippen LogP contribution >= 0.6 is 0 Å². The minimum Gasteiger partial charge on any atom is -0.483 e. The largest absolute Gasteiger partial charge is 0.483 e. The van der Waals surface area contributed by atoms with Gasteiger partial charge in [0.05, 0.1) is 37.7 Å². The van der Waals surface area contributed by atoms with Gasteiger partial charge in [0.15, 0.2) is 6.61 Å². The second-order valence-electron chi connectivity index (χ2n) is 7.97. The highest BCUT2D eigenvalue weighted by Crippen LogP contribution is 2.35. The number of carbonyl (C=O) groups excluding carboxylic acids is 1. The number of benzene rings is 1. The van der Waals surface area contributed by atoms with Gasteiger partial charge in [0, 0.05) is 18.2 Å². The van der Waals surface area contributed by atoms with Crippen molar-refractivity contribution < 1.29 is 27.4 Å². The van der Waals surface area contributed by atoms with Crippen molar-refractivity contribution in [2.75, 3.05) is 32.6 Å². The van der Waals surface area contributed by atoms with Crippen LogP contribution in [0.15, 0.2) is 24.3 Å². The van der Waals surface area contributed by atoms with Crippen LogP contribution in [-0.2, 0) is 24.3 Å². The molecule has 0 radical (unpaired) electrons. The van der Waals surface area contributed by atoms with Gasteiger partial charge in [0.25, 0.3) is 5.91 Å². The summed E-state index contributed by atoms with van der Waals surface area (Å²) in [7, 11) is -3.40. The van der Waals surface area contributed by atoms with Crippen LogP contribution < -0.4 is 9.46 Å². The molecule has 8 nitrogen and oxygen atoms in total. The van der Waals surface area contributed by atoms with Crippen molar-refractivity contribution in [2.24, 2.45) is 0 Å². The molecule has 29 heavy (non-hydrogen) atoms. The summed E-state index contributed by atoms with van der Waals surface area (Å²) in [6.07, 6.45) is 4.02. The third-order valence-corrected chi connectivity index (χ3v) is 6.55. The summed E-state index contributed by atoms with van der Waals surface area (Å²) in [5.74, 6) is 0.491. The number of piperidine rings is 1. The fourth-order valence-electron chi connectivity index (χ4n) is 4.42. The van der Waals surface area contributed by atoms with Gasteiger partial charge < -0.3 is 19.1 Å². The van der Waals surface area contributed by atoms with Crippen molar-refractivity contribution in [3.8, 4) is 5.75 Å². The minimum absolute atomic E-state index is 0.0714. The summed E-state index contributed by atoms with van der Waals surface area (Å²) in [6, 6.07) is 6.90. The smallest absolute Gasteiger partial charge is 0.260 e. The third kappa shape index (κ3) is 4.91. The summed E-state index contributed by atoms with van der Waals surface area (Å²) in [4.78, 5) is 14.7. The zero-order valence-corrected chi connectivity index (χ0v) is 17.4. The molecule has 4 heterocycles. The molecule has 0 aromatic heterocycles. The molecule has 1 unspecified atom stereocenters. The predicted octanol–water partition coefficient (Wildman–Crippen LogP) is 1.22. The highest BCUT2D eigenvalue weighted by molar-refractivity contribution is 7.88. The van der Waals surface area contributed by atoms with Crippen LogP contribution in [0.4, 0.5) is 0 Å². The highest BCUT2D eigenvalue weighted by Gasteiger charge is 2.37. The number of amides is 1. The molecule has 2 bridgehead atoms. The van der Waals surface area contributed by atoms with E-state index in [1.54, 1.807) is 4.90 Å². The van der Waals surface area contributed by atoms with E-state index in [0.717, 1.165) is 31.1 Å². The van der Waals surface area contributed by atoms with E-state index in [2.05, 4.69) is 4.72 Å². The number of para-hydroxylation sites is 1. The number of hydrogen-bond acceptors (Lipinski definition) is 6. The second-order valence-corrected chi connectivity index (χ2v) is 9.75. The van der Waals surface area contributed by atoms with Crippen LogP contribution in [0.2, 0.25) is 0 Å². The van der Waals surface area contributed by atoms with Crippen LogP contribution in [0.1, 0.15) is 37.4 Å². The molecular weight excluding hydrogens is 396 g/mol. The van der Waals surface area contributed by atoms with E-state index < -0.39 is 10.0 Å². The number of nitrogens with zero attached hydrogens (tertiary/aromatic N) is 1. The first-order chi connectivity index (χ1) is 13.9. The molecule has 5 rings (SSSR count). The molecule has 2 saturated heterocycles. The standard InChI is InChI=1S/C20H28N2O6S/c1-29(24,25)21-16-6-4-10-22-17(16)12-26-14-8-9-19(27-11-14)15-5-2-3-7-18(15)28-13-20(22)23/h2-3,5,7,14,16-17,19,21H,4,6,8-13H2,1H3/t14-,16-,17-,19?/m0/s1. The molecule has 1 aromatic rings. The molecule has 4 aliphatic rings. The van der Waals surface area contributed by atoms with Gasteiger partial charge in [-0.25, -0.2) is 13.1 Å². The Hall–Kier alpha value is -1.68. The number of sulfonamides is 1. The average Bonchev–Trinajstić information content (AvgIpc) is 2.71. The fraction of sp³-hybridized carbons (Fsp3) is 0.650. The van der Waals surface area contributed by atoms with E-state index in [4.69, 9.17) is 14.2 Å². The summed E-state index contributed by atoms with van der Waals surface area (Å²) >= 11 is 0. The van der Waals surface area contributed by atoms with Crippen molar-refractivity contribution >= 4 is 15.9 Å². The van der Waals surface area contributed by atoms with E-state index in [-0.39, 0.29) is 43.4 Å². The topological polar surface area (TPSA) is 94.2 Å². The molecule has 1 aromatic carbocycles. The van der Waals surface area contributed by atoms with Gasteiger partial charge in [0.2, 0.25) is 10.0 Å². The molecule has 0 spiro atoms. The SMILES string of the molecule is CS(=O)(=O)N[C@H]1CCCN2C(=O)COc3ccccc3C3CC[C@@H](CO3)OC[C@@H]12. The van der Waals surface area contributed by atoms with Crippen LogP contribution in [0.5, 0.6) is 5.75 Å². The van der Waals surface area contributed by atoms with Crippen LogP contribution in [-0.4, -0.2) is 70.0 Å². The van der Waals surface area contributed by atoms with Crippen LogP contribution in [0.25, 0.3) is 0 Å². The number of ether oxygens (including phenoxy) is 3. The Balaban J connectivity index is 1.61. The van der Waals surface area contributed by atoms with Gasteiger partial charge >= 0.3 is 0 Å². The van der Waals surface area contributed by atoms with Crippen molar-refractivity contribution in [2.45, 2.75) is 50.0 Å². The van der Waals surface area contributed by atoms with E-state index in [1.807, 2.05) is 24.3 Å². The first-order valence-electron chi connectivity index (χ1n) is 10.1. The molecule has 2 fully saturated rings. The van der Waals surface area contributed by atoms with Crippen molar-refractivity contribution in [1.29, 1.82) is 0 Å². The van der Waals surface area contributed by atoms with Gasteiger partial charge in [-0.15, -0.1) is 0 Å². The zero-order chi connectivity index (χ0) is 20.4. The Kier molecular flexibility index (Phi) is 6.10. The van der Waals surface area contributed by atoms with E-state index in [9.17, 15) is 13.2 Å². The molecule has 4 atom stereocenters. The fourth-order valence-corrected chi connectivity index (χ4v) is 5.25. The number of hydrogen-bond donors (Lipinski definition) is 1. The van der Waals surface area contributed by atoms with E-state index in [1.165, 1.54) is 0 Å². The Morgan fingerprint density at radius 3 is 2.69 bits per heavy atom. The molecular formula is C20H28N2O6S. The van der Waals surface area contributed by atoms with Crippen LogP contribution in [0.3, 0.4) is 0 Å². The number of carbonyl (C=O) groups is 1. The first kappa shape index (κ1) is 20.6. The maximum atomic E-state index is 13.0. The molecule has 0 saturated carbocycles. The molecule has 4 aliphatic heterocycles. The Morgan fingerprint density at radius 2 is 1.93 bits per heavy atom. The predicted molar refractivity (Wildman–Crippen MR) is 106 cm³/mol. The minimum atomic E-state index is -3.40. The molecule has 0 aliphatic carbocycles. The van der Waals surface area contributed by atoms with Gasteiger partial charge in [-0.3, -0.25) is 4.79 Å². The van der Waals surface area contributed by atoms with E-state index in [0.29, 0.717) is 25.3 Å². The first-order valence-corrected chi connectivity index (χ1v) is 12.0. The number of rotatable bonds is 2. The van der Waals surface area contributed by atoms with Crippen molar-refractivity contribution in [3.05, 3.63) is 29.8 Å². The average molecular weight is 425 g/mol. The lowest BCUT2D eigenvalue weighted by atomic mass is 9.97. The lowest BCUT2D eigenvalue weighted by molar-refractivity contribution is -0.142. The summed E-state index contributed by atoms with van der Waals surface area (Å²) in [5.41, 5.74) is 0.949. The zero-order valence-electron chi connectivity index (χ0n) is 16.6. The summed E-state index contributed by atoms with van der Waals surface area (Å²) < 4.78 is 44.4. The lowest BCUT2D eigenvalue weighted by Gasteiger charge is -2.41. The normalized spacial score (nSPS) is 30.9. The highest BCUT2D eigenvalue weighted by atomic mass is 32.2. The molecule has 1 N–H and O–H groups in total. The van der Waals surface area contributed by atoms with Crippen molar-refractivity contribution in [3.63, 3.8) is 0 Å². The second kappa shape index (κ2) is 8.59. The molecule has 9 heteroatoms. The summed E-state index contributed by atoms with van der Waals surface area (Å²) in [6.45, 7) is 1.19. The van der Waals surface area contributed by atoms with E-state index >= 15 is 0 Å². The Bertz CT molecular complexity index is 837. The van der Waals surface area contributed by atoms with Crippen LogP contribution in [0, 0.1) is 0 Å². The summed E-state index contributed by atoms with van der Waals surface area (Å²) in [5, 5.41) is 0. The maximum absolute atomic E-state index is 13.0. The van der Waals surface area contributed by atoms with Gasteiger partial charge in [-0.05, 0) is 31.7 Å². The monoisotopic (exact) mass is 424 g/mol. The van der Waals surface area contributed by atoms with Gasteiger partial charge in [0.1, 0.15) is 5.75 Å². The Labute approximate surface area is 171 Å². The van der Waals surface area contributed by atoms with Gasteiger partial charge in [-0.2, -0.15) is 0 Å². The third-order valence-electron chi connectivity index (χ3n) is 5.82. The Morgan fingerprint density at radius 1 is 1.10 bits per heavy atom. The molecule has 160 valence electrons. The number of fused-ring (bicyclic) bond motifs is 5. The quantitative estimate of drug-likeness (QED) is 0.767. The maximum Gasteiger partial charge on any atom is 0.260 e. The number of nitrogens with one attached hydrogen (secondary N) is 1. The lowest BCUT2D eigenvalue weighted by Crippen LogP contribution is -2.59. The van der Waals surface area contributed by atoms with Crippen molar-refractivity contribution in [1.82, 2.24) is 9.62 Å². The molecule has 1 amide bonds. The van der Waals surface area contributed by atoms with Gasteiger partial charge in [-0.1, -0.05) is 18.2 Å².